The molecule has 1 saturated carbocycles. The Labute approximate surface area is 89.7 Å². The zero-order valence-electron chi connectivity index (χ0n) is 8.82. The van der Waals surface area contributed by atoms with Gasteiger partial charge in [-0.3, -0.25) is 0 Å². The van der Waals surface area contributed by atoms with Crippen molar-refractivity contribution in [1.29, 1.82) is 0 Å². The highest BCUT2D eigenvalue weighted by Gasteiger charge is 2.20. The summed E-state index contributed by atoms with van der Waals surface area (Å²) in [6.45, 7) is 0.633. The van der Waals surface area contributed by atoms with E-state index in [2.05, 4.69) is 35.0 Å². The van der Waals surface area contributed by atoms with E-state index in [1.54, 1.807) is 0 Å². The fraction of sp³-hybridized carbons (Fsp3) is 0.385. The minimum atomic E-state index is 0.633. The van der Waals surface area contributed by atoms with Crippen LogP contribution in [0.15, 0.2) is 30.5 Å². The van der Waals surface area contributed by atoms with Crippen molar-refractivity contribution in [2.75, 3.05) is 0 Å². The maximum Gasteiger partial charge on any atom is 0.0528 e. The molecule has 0 saturated heterocycles. The first kappa shape index (κ1) is 8.98. The molecule has 78 valence electrons. The molecule has 0 unspecified atom stereocenters. The van der Waals surface area contributed by atoms with E-state index in [1.165, 1.54) is 35.7 Å². The van der Waals surface area contributed by atoms with E-state index in [-0.39, 0.29) is 0 Å². The van der Waals surface area contributed by atoms with E-state index >= 15 is 0 Å². The molecule has 0 amide bonds. The first-order chi connectivity index (χ1) is 7.40. The van der Waals surface area contributed by atoms with Gasteiger partial charge in [-0.25, -0.2) is 0 Å². The topological polar surface area (TPSA) is 30.9 Å². The lowest BCUT2D eigenvalue weighted by Gasteiger charge is -2.28. The van der Waals surface area contributed by atoms with Crippen LogP contribution in [0.4, 0.5) is 0 Å². The van der Waals surface area contributed by atoms with E-state index in [4.69, 9.17) is 5.73 Å². The van der Waals surface area contributed by atoms with Crippen LogP contribution in [0.25, 0.3) is 10.9 Å². The van der Waals surface area contributed by atoms with Gasteiger partial charge in [0.05, 0.1) is 5.52 Å². The molecule has 1 fully saturated rings. The van der Waals surface area contributed by atoms with Crippen LogP contribution in [0.5, 0.6) is 0 Å². The van der Waals surface area contributed by atoms with Crippen molar-refractivity contribution < 1.29 is 0 Å². The second-order valence-corrected chi connectivity index (χ2v) is 4.37. The lowest BCUT2D eigenvalue weighted by atomic mass is 9.92. The molecule has 2 N–H and O–H groups in total. The Morgan fingerprint density at radius 3 is 2.80 bits per heavy atom. The zero-order chi connectivity index (χ0) is 10.3. The molecule has 1 aromatic carbocycles. The Morgan fingerprint density at radius 2 is 2.13 bits per heavy atom. The zero-order valence-corrected chi connectivity index (χ0v) is 8.82. The highest BCUT2D eigenvalue weighted by molar-refractivity contribution is 5.83. The molecule has 1 aliphatic carbocycles. The van der Waals surface area contributed by atoms with Crippen molar-refractivity contribution in [2.45, 2.75) is 31.8 Å². The molecule has 1 aromatic heterocycles. The van der Waals surface area contributed by atoms with Gasteiger partial charge in [0.1, 0.15) is 0 Å². The summed E-state index contributed by atoms with van der Waals surface area (Å²) in [6, 6.07) is 9.32. The summed E-state index contributed by atoms with van der Waals surface area (Å²) in [5, 5.41) is 1.32. The van der Waals surface area contributed by atoms with Crippen molar-refractivity contribution >= 4 is 10.9 Å². The van der Waals surface area contributed by atoms with E-state index < -0.39 is 0 Å². The lowest BCUT2D eigenvalue weighted by molar-refractivity contribution is 0.321. The molecule has 0 atom stereocenters. The molecule has 1 aliphatic rings. The summed E-state index contributed by atoms with van der Waals surface area (Å²) in [5.74, 6) is 0. The van der Waals surface area contributed by atoms with Gasteiger partial charge in [-0.2, -0.15) is 0 Å². The molecule has 3 rings (SSSR count). The van der Waals surface area contributed by atoms with E-state index in [1.807, 2.05) is 0 Å². The largest absolute Gasteiger partial charge is 0.344 e. The first-order valence-electron chi connectivity index (χ1n) is 5.68. The molecule has 2 nitrogen and oxygen atoms in total. The maximum absolute atomic E-state index is 5.79. The van der Waals surface area contributed by atoms with Crippen LogP contribution in [0.3, 0.4) is 0 Å². The molecule has 0 aliphatic heterocycles. The Hall–Kier alpha value is -1.28. The standard InChI is InChI=1S/C13H16N2/c14-9-11-4-1-3-10-7-8-15(13(10)11)12-5-2-6-12/h1,3-4,7-8,12H,2,5-6,9,14H2. The van der Waals surface area contributed by atoms with Gasteiger partial charge in [0.2, 0.25) is 0 Å². The Balaban J connectivity index is 2.20. The molecule has 2 aromatic rings. The quantitative estimate of drug-likeness (QED) is 0.794. The van der Waals surface area contributed by atoms with E-state index in [0.717, 1.165) is 6.04 Å². The molecule has 0 radical (unpaired) electrons. The second kappa shape index (κ2) is 3.38. The predicted molar refractivity (Wildman–Crippen MR) is 62.7 cm³/mol. The van der Waals surface area contributed by atoms with Gasteiger partial charge < -0.3 is 10.3 Å². The second-order valence-electron chi connectivity index (χ2n) is 4.37. The van der Waals surface area contributed by atoms with Crippen molar-refractivity contribution in [1.82, 2.24) is 4.57 Å². The van der Waals surface area contributed by atoms with Gasteiger partial charge >= 0.3 is 0 Å². The number of benzene rings is 1. The highest BCUT2D eigenvalue weighted by atomic mass is 15.0. The summed E-state index contributed by atoms with van der Waals surface area (Å²) >= 11 is 0. The van der Waals surface area contributed by atoms with E-state index in [0.29, 0.717) is 6.54 Å². The van der Waals surface area contributed by atoms with Gasteiger partial charge in [0, 0.05) is 18.8 Å². The number of nitrogens with two attached hydrogens (primary N) is 1. The van der Waals surface area contributed by atoms with Crippen LogP contribution < -0.4 is 5.73 Å². The third kappa shape index (κ3) is 1.29. The molecule has 2 heteroatoms. The van der Waals surface area contributed by atoms with Gasteiger partial charge in [-0.15, -0.1) is 0 Å². The molecule has 0 spiro atoms. The predicted octanol–water partition coefficient (Wildman–Crippen LogP) is 2.83. The number of para-hydroxylation sites is 1. The summed E-state index contributed by atoms with van der Waals surface area (Å²) in [4.78, 5) is 0. The average Bonchev–Trinajstić information content (AvgIpc) is 2.59. The van der Waals surface area contributed by atoms with Crippen LogP contribution >= 0.6 is 0 Å². The Morgan fingerprint density at radius 1 is 1.27 bits per heavy atom. The third-order valence-electron chi connectivity index (χ3n) is 3.51. The minimum absolute atomic E-state index is 0.633. The van der Waals surface area contributed by atoms with Gasteiger partial charge in [0.25, 0.3) is 0 Å². The summed E-state index contributed by atoms with van der Waals surface area (Å²) < 4.78 is 2.42. The Bertz CT molecular complexity index is 480. The van der Waals surface area contributed by atoms with Crippen LogP contribution in [-0.4, -0.2) is 4.57 Å². The monoisotopic (exact) mass is 200 g/mol. The Kier molecular flexibility index (Phi) is 2.03. The SMILES string of the molecule is NCc1cccc2ccn(C3CCC3)c12. The third-order valence-corrected chi connectivity index (χ3v) is 3.51. The maximum atomic E-state index is 5.79. The number of nitrogens with zero attached hydrogens (tertiary/aromatic N) is 1. The molecular formula is C13H16N2. The summed E-state index contributed by atoms with van der Waals surface area (Å²) in [7, 11) is 0. The molecule has 1 heterocycles. The minimum Gasteiger partial charge on any atom is -0.344 e. The normalized spacial score (nSPS) is 16.9. The fourth-order valence-electron chi connectivity index (χ4n) is 2.43. The van der Waals surface area contributed by atoms with Gasteiger partial charge in [0.15, 0.2) is 0 Å². The number of fused-ring (bicyclic) bond motifs is 1. The summed E-state index contributed by atoms with van der Waals surface area (Å²) in [5.41, 5.74) is 8.41. The van der Waals surface area contributed by atoms with Crippen LogP contribution in [-0.2, 0) is 6.54 Å². The van der Waals surface area contributed by atoms with Crippen LogP contribution in [0.2, 0.25) is 0 Å². The molecule has 15 heavy (non-hydrogen) atoms. The lowest BCUT2D eigenvalue weighted by Crippen LogP contribution is -2.16. The van der Waals surface area contributed by atoms with Crippen LogP contribution in [0, 0.1) is 0 Å². The highest BCUT2D eigenvalue weighted by Crippen LogP contribution is 2.35. The van der Waals surface area contributed by atoms with Gasteiger partial charge in [-0.1, -0.05) is 18.2 Å². The smallest absolute Gasteiger partial charge is 0.0528 e. The first-order valence-corrected chi connectivity index (χ1v) is 5.68. The van der Waals surface area contributed by atoms with Crippen molar-refractivity contribution in [3.63, 3.8) is 0 Å². The van der Waals surface area contributed by atoms with Crippen molar-refractivity contribution in [2.24, 2.45) is 5.73 Å². The number of hydrogen-bond donors (Lipinski definition) is 1. The van der Waals surface area contributed by atoms with Crippen LogP contribution in [0.1, 0.15) is 30.9 Å². The average molecular weight is 200 g/mol. The number of aromatic nitrogens is 1. The summed E-state index contributed by atoms with van der Waals surface area (Å²) in [6.07, 6.45) is 6.23. The van der Waals surface area contributed by atoms with Gasteiger partial charge in [-0.05, 0) is 36.3 Å². The fourth-order valence-corrected chi connectivity index (χ4v) is 2.43. The molecular weight excluding hydrogens is 184 g/mol. The van der Waals surface area contributed by atoms with Crippen molar-refractivity contribution in [3.8, 4) is 0 Å². The number of rotatable bonds is 2. The molecule has 0 bridgehead atoms. The number of hydrogen-bond acceptors (Lipinski definition) is 1. The van der Waals surface area contributed by atoms with E-state index in [9.17, 15) is 0 Å². The van der Waals surface area contributed by atoms with Crippen molar-refractivity contribution in [3.05, 3.63) is 36.0 Å².